The molecule has 1 aliphatic carbocycles. The Morgan fingerprint density at radius 2 is 2.40 bits per heavy atom. The number of rotatable bonds is 0. The van der Waals surface area contributed by atoms with Gasteiger partial charge in [-0.2, -0.15) is 0 Å². The number of nitrogens with one attached hydrogen (secondary N) is 1. The molecule has 0 saturated heterocycles. The third-order valence-electron chi connectivity index (χ3n) is 1.95. The molecule has 0 aromatic heterocycles. The van der Waals surface area contributed by atoms with Gasteiger partial charge in [0.05, 0.1) is 6.04 Å². The largest absolute Gasteiger partial charge is 0.306 e. The van der Waals surface area contributed by atoms with Gasteiger partial charge in [-0.05, 0) is 18.5 Å². The average Bonchev–Trinajstić information content (AvgIpc) is 2.05. The number of fused-ring (bicyclic) bond motifs is 1. The van der Waals surface area contributed by atoms with E-state index in [1.54, 1.807) is 0 Å². The van der Waals surface area contributed by atoms with Crippen LogP contribution in [0.25, 0.3) is 0 Å². The summed E-state index contributed by atoms with van der Waals surface area (Å²) in [4.78, 5) is 0. The Balaban J connectivity index is 2.27. The number of allylic oxidation sites excluding steroid dienone is 2. The summed E-state index contributed by atoms with van der Waals surface area (Å²) in [6, 6.07) is 0.499. The number of hydrogen-bond donors (Lipinski definition) is 1. The van der Waals surface area contributed by atoms with Gasteiger partial charge in [0.15, 0.2) is 0 Å². The van der Waals surface area contributed by atoms with Crippen molar-refractivity contribution in [2.45, 2.75) is 12.5 Å². The molecule has 0 saturated carbocycles. The van der Waals surface area contributed by atoms with Gasteiger partial charge in [0.1, 0.15) is 0 Å². The van der Waals surface area contributed by atoms with E-state index in [1.807, 2.05) is 0 Å². The summed E-state index contributed by atoms with van der Waals surface area (Å²) in [6.45, 7) is 1.12. The van der Waals surface area contributed by atoms with Crippen molar-refractivity contribution in [1.82, 2.24) is 5.32 Å². The van der Waals surface area contributed by atoms with Crippen LogP contribution in [-0.4, -0.2) is 12.6 Å². The highest BCUT2D eigenvalue weighted by atomic mass is 14.9. The van der Waals surface area contributed by atoms with Gasteiger partial charge >= 0.3 is 0 Å². The molecule has 0 spiro atoms. The van der Waals surface area contributed by atoms with Crippen molar-refractivity contribution in [2.24, 2.45) is 0 Å². The van der Waals surface area contributed by atoms with Crippen LogP contribution in [0.2, 0.25) is 0 Å². The second-order valence-corrected chi connectivity index (χ2v) is 2.67. The molecule has 1 atom stereocenters. The molecular weight excluding hydrogens is 122 g/mol. The second-order valence-electron chi connectivity index (χ2n) is 2.67. The molecule has 0 aromatic rings. The molecule has 0 fully saturated rings. The van der Waals surface area contributed by atoms with E-state index in [0.717, 1.165) is 6.54 Å². The molecule has 1 N–H and O–H groups in total. The van der Waals surface area contributed by atoms with Crippen LogP contribution >= 0.6 is 0 Å². The minimum absolute atomic E-state index is 0.499. The van der Waals surface area contributed by atoms with Crippen molar-refractivity contribution in [3.8, 4) is 0 Å². The number of hydrogen-bond acceptors (Lipinski definition) is 1. The Hall–Kier alpha value is -0.820. The average molecular weight is 133 g/mol. The predicted octanol–water partition coefficient (Wildman–Crippen LogP) is 1.40. The van der Waals surface area contributed by atoms with Gasteiger partial charge in [0.2, 0.25) is 0 Å². The third kappa shape index (κ3) is 0.929. The first-order chi connectivity index (χ1) is 4.97. The van der Waals surface area contributed by atoms with Crippen LogP contribution < -0.4 is 5.32 Å². The zero-order valence-electron chi connectivity index (χ0n) is 5.88. The van der Waals surface area contributed by atoms with E-state index < -0.39 is 0 Å². The maximum atomic E-state index is 3.41. The van der Waals surface area contributed by atoms with Gasteiger partial charge in [-0.1, -0.05) is 30.4 Å². The van der Waals surface area contributed by atoms with Crippen LogP contribution in [0.15, 0.2) is 36.0 Å². The molecular formula is C9H11N. The van der Waals surface area contributed by atoms with Crippen LogP contribution in [-0.2, 0) is 0 Å². The smallest absolute Gasteiger partial charge is 0.0506 e. The summed E-state index contributed by atoms with van der Waals surface area (Å²) < 4.78 is 0. The van der Waals surface area contributed by atoms with Crippen molar-refractivity contribution in [1.29, 1.82) is 0 Å². The normalized spacial score (nSPS) is 29.6. The fourth-order valence-electron chi connectivity index (χ4n) is 1.42. The summed E-state index contributed by atoms with van der Waals surface area (Å²) in [5, 5.41) is 3.41. The van der Waals surface area contributed by atoms with E-state index in [1.165, 1.54) is 12.0 Å². The molecule has 0 aromatic carbocycles. The van der Waals surface area contributed by atoms with Gasteiger partial charge in [-0.15, -0.1) is 0 Å². The summed E-state index contributed by atoms with van der Waals surface area (Å²) in [6.07, 6.45) is 12.0. The Morgan fingerprint density at radius 3 is 3.30 bits per heavy atom. The first kappa shape index (κ1) is 5.93. The van der Waals surface area contributed by atoms with Crippen molar-refractivity contribution >= 4 is 0 Å². The van der Waals surface area contributed by atoms with Crippen molar-refractivity contribution in [3.63, 3.8) is 0 Å². The standard InChI is InChI=1S/C9H11N/c1-2-6-9-8(4-1)5-3-7-10-9/h1-2,4-6,9-10H,3,7H2. The molecule has 0 bridgehead atoms. The topological polar surface area (TPSA) is 12.0 Å². The molecule has 52 valence electrons. The van der Waals surface area contributed by atoms with E-state index in [2.05, 4.69) is 35.7 Å². The Bertz CT molecular complexity index is 211. The SMILES string of the molecule is C1=CC2=CCCNC2C=C1. The van der Waals surface area contributed by atoms with Gasteiger partial charge < -0.3 is 5.32 Å². The summed E-state index contributed by atoms with van der Waals surface area (Å²) in [5.74, 6) is 0. The molecule has 1 aliphatic heterocycles. The lowest BCUT2D eigenvalue weighted by Crippen LogP contribution is -2.33. The lowest BCUT2D eigenvalue weighted by Gasteiger charge is -2.22. The van der Waals surface area contributed by atoms with Gasteiger partial charge in [-0.3, -0.25) is 0 Å². The maximum absolute atomic E-state index is 3.41. The van der Waals surface area contributed by atoms with Gasteiger partial charge in [-0.25, -0.2) is 0 Å². The van der Waals surface area contributed by atoms with Crippen molar-refractivity contribution in [2.75, 3.05) is 6.54 Å². The van der Waals surface area contributed by atoms with Crippen LogP contribution in [0.1, 0.15) is 6.42 Å². The van der Waals surface area contributed by atoms with Crippen LogP contribution in [0.5, 0.6) is 0 Å². The maximum Gasteiger partial charge on any atom is 0.0506 e. The quantitative estimate of drug-likeness (QED) is 0.526. The zero-order valence-corrected chi connectivity index (χ0v) is 5.88. The van der Waals surface area contributed by atoms with Gasteiger partial charge in [0.25, 0.3) is 0 Å². The van der Waals surface area contributed by atoms with E-state index >= 15 is 0 Å². The van der Waals surface area contributed by atoms with Crippen LogP contribution in [0, 0.1) is 0 Å². The molecule has 1 unspecified atom stereocenters. The lowest BCUT2D eigenvalue weighted by molar-refractivity contribution is 0.631. The molecule has 1 heterocycles. The van der Waals surface area contributed by atoms with E-state index in [0.29, 0.717) is 6.04 Å². The zero-order chi connectivity index (χ0) is 6.81. The monoisotopic (exact) mass is 133 g/mol. The molecule has 1 heteroatoms. The minimum atomic E-state index is 0.499. The highest BCUT2D eigenvalue weighted by Gasteiger charge is 2.12. The first-order valence-electron chi connectivity index (χ1n) is 3.75. The lowest BCUT2D eigenvalue weighted by atomic mass is 9.98. The second kappa shape index (κ2) is 2.43. The molecule has 2 rings (SSSR count). The molecule has 1 nitrogen and oxygen atoms in total. The Kier molecular flexibility index (Phi) is 1.44. The minimum Gasteiger partial charge on any atom is -0.306 e. The van der Waals surface area contributed by atoms with E-state index in [4.69, 9.17) is 0 Å². The Labute approximate surface area is 61.1 Å². The van der Waals surface area contributed by atoms with Crippen molar-refractivity contribution in [3.05, 3.63) is 36.0 Å². The van der Waals surface area contributed by atoms with Gasteiger partial charge in [0, 0.05) is 0 Å². The highest BCUT2D eigenvalue weighted by Crippen LogP contribution is 2.14. The van der Waals surface area contributed by atoms with Crippen molar-refractivity contribution < 1.29 is 0 Å². The highest BCUT2D eigenvalue weighted by molar-refractivity contribution is 5.37. The van der Waals surface area contributed by atoms with E-state index in [-0.39, 0.29) is 0 Å². The predicted molar refractivity (Wildman–Crippen MR) is 42.8 cm³/mol. The first-order valence-corrected chi connectivity index (χ1v) is 3.75. The molecule has 10 heavy (non-hydrogen) atoms. The third-order valence-corrected chi connectivity index (χ3v) is 1.95. The van der Waals surface area contributed by atoms with Crippen LogP contribution in [0.4, 0.5) is 0 Å². The molecule has 0 radical (unpaired) electrons. The van der Waals surface area contributed by atoms with Crippen LogP contribution in [0.3, 0.4) is 0 Å². The molecule has 0 amide bonds. The summed E-state index contributed by atoms with van der Waals surface area (Å²) in [5.41, 5.74) is 1.42. The van der Waals surface area contributed by atoms with E-state index in [9.17, 15) is 0 Å². The summed E-state index contributed by atoms with van der Waals surface area (Å²) in [7, 11) is 0. The fourth-order valence-corrected chi connectivity index (χ4v) is 1.42. The Morgan fingerprint density at radius 1 is 1.40 bits per heavy atom. The molecule has 2 aliphatic rings. The fraction of sp³-hybridized carbons (Fsp3) is 0.333. The summed E-state index contributed by atoms with van der Waals surface area (Å²) >= 11 is 0.